The van der Waals surface area contributed by atoms with Gasteiger partial charge in [0, 0.05) is 12.1 Å². The van der Waals surface area contributed by atoms with Crippen molar-refractivity contribution in [2.24, 2.45) is 0 Å². The van der Waals surface area contributed by atoms with Crippen molar-refractivity contribution in [2.75, 3.05) is 0 Å². The van der Waals surface area contributed by atoms with Crippen LogP contribution in [0.2, 0.25) is 0 Å². The predicted octanol–water partition coefficient (Wildman–Crippen LogP) is 2.14. The van der Waals surface area contributed by atoms with E-state index in [1.54, 1.807) is 0 Å². The summed E-state index contributed by atoms with van der Waals surface area (Å²) in [5, 5.41) is 22.2. The van der Waals surface area contributed by atoms with E-state index in [1.165, 1.54) is 0 Å². The summed E-state index contributed by atoms with van der Waals surface area (Å²) >= 11 is 0. The summed E-state index contributed by atoms with van der Waals surface area (Å²) < 4.78 is 36.3. The van der Waals surface area contributed by atoms with E-state index in [9.17, 15) is 23.7 Å². The van der Waals surface area contributed by atoms with Gasteiger partial charge in [-0.1, -0.05) is 5.16 Å². The Morgan fingerprint density at radius 1 is 1.38 bits per heavy atom. The van der Waals surface area contributed by atoms with Gasteiger partial charge in [-0.15, -0.1) is 0 Å². The van der Waals surface area contributed by atoms with E-state index >= 15 is 0 Å². The molecule has 0 aliphatic rings. The Morgan fingerprint density at radius 2 is 2.10 bits per heavy atom. The van der Waals surface area contributed by atoms with Crippen molar-refractivity contribution in [3.05, 3.63) is 51.4 Å². The number of carboxylic acids is 1. The highest BCUT2D eigenvalue weighted by molar-refractivity contribution is 5.85. The van der Waals surface area contributed by atoms with Crippen molar-refractivity contribution < 1.29 is 32.9 Å². The molecule has 0 aliphatic heterocycles. The van der Waals surface area contributed by atoms with E-state index in [0.29, 0.717) is 12.1 Å². The fourth-order valence-electron chi connectivity index (χ4n) is 1.40. The molecule has 0 radical (unpaired) electrons. The summed E-state index contributed by atoms with van der Waals surface area (Å²) in [6.45, 7) is -0.422. The molecule has 8 nitrogen and oxygen atoms in total. The van der Waals surface area contributed by atoms with Crippen molar-refractivity contribution in [3.8, 4) is 5.75 Å². The van der Waals surface area contributed by atoms with E-state index in [0.717, 1.165) is 6.07 Å². The number of nitro groups is 1. The van der Waals surface area contributed by atoms with Crippen LogP contribution in [0.4, 0.5) is 14.5 Å². The summed E-state index contributed by atoms with van der Waals surface area (Å²) in [5.74, 6) is -4.34. The summed E-state index contributed by atoms with van der Waals surface area (Å²) in [6, 6.07) is 1.94. The molecule has 21 heavy (non-hydrogen) atoms. The van der Waals surface area contributed by atoms with Crippen molar-refractivity contribution >= 4 is 11.7 Å². The van der Waals surface area contributed by atoms with Crippen molar-refractivity contribution in [3.63, 3.8) is 0 Å². The van der Waals surface area contributed by atoms with Gasteiger partial charge in [0.25, 0.3) is 0 Å². The molecular formula is C11H6F2N2O6. The maximum absolute atomic E-state index is 13.5. The minimum atomic E-state index is -1.32. The highest BCUT2D eigenvalue weighted by Gasteiger charge is 2.20. The number of benzene rings is 1. The molecule has 0 unspecified atom stereocenters. The zero-order valence-electron chi connectivity index (χ0n) is 10.1. The van der Waals surface area contributed by atoms with E-state index in [4.69, 9.17) is 9.84 Å². The van der Waals surface area contributed by atoms with Crippen LogP contribution in [-0.2, 0) is 6.61 Å². The smallest absolute Gasteiger partial charge is 0.358 e. The third-order valence-corrected chi connectivity index (χ3v) is 2.35. The van der Waals surface area contributed by atoms with E-state index in [1.807, 2.05) is 0 Å². The number of nitrogens with zero attached hydrogens (tertiary/aromatic N) is 2. The Hall–Kier alpha value is -3.04. The summed E-state index contributed by atoms with van der Waals surface area (Å²) in [6.07, 6.45) is 0. The first-order valence-electron chi connectivity index (χ1n) is 5.33. The van der Waals surface area contributed by atoms with Crippen LogP contribution < -0.4 is 4.74 Å². The lowest BCUT2D eigenvalue weighted by Gasteiger charge is -2.05. The highest BCUT2D eigenvalue weighted by atomic mass is 19.1. The number of ether oxygens (including phenoxy) is 1. The molecule has 110 valence electrons. The summed E-state index contributed by atoms with van der Waals surface area (Å²) in [4.78, 5) is 19.9. The van der Waals surface area contributed by atoms with Gasteiger partial charge in [-0.25, -0.2) is 9.18 Å². The molecule has 1 N–H and O–H groups in total. The molecular weight excluding hydrogens is 294 g/mol. The molecule has 0 amide bonds. The minimum absolute atomic E-state index is 0.0365. The van der Waals surface area contributed by atoms with Gasteiger partial charge in [-0.3, -0.25) is 10.1 Å². The molecule has 1 aromatic carbocycles. The normalized spacial score (nSPS) is 10.4. The first-order valence-corrected chi connectivity index (χ1v) is 5.33. The quantitative estimate of drug-likeness (QED) is 0.664. The lowest BCUT2D eigenvalue weighted by molar-refractivity contribution is -0.387. The number of halogens is 2. The molecule has 2 aromatic rings. The fraction of sp³-hybridized carbons (Fsp3) is 0.0909. The number of nitro benzene ring substituents is 1. The van der Waals surface area contributed by atoms with E-state index < -0.39 is 40.6 Å². The number of carbonyl (C=O) groups is 1. The lowest BCUT2D eigenvalue weighted by Crippen LogP contribution is -2.00. The Kier molecular flexibility index (Phi) is 3.78. The molecule has 2 rings (SSSR count). The molecule has 10 heteroatoms. The predicted molar refractivity (Wildman–Crippen MR) is 60.8 cm³/mol. The SMILES string of the molecule is O=C(O)c1cc(COc2cc(F)c([N+](=O)[O-])cc2F)on1. The van der Waals surface area contributed by atoms with Crippen LogP contribution in [0.15, 0.2) is 22.7 Å². The van der Waals surface area contributed by atoms with Gasteiger partial charge in [0.1, 0.15) is 6.61 Å². The number of carboxylic acid groups (broad SMARTS) is 1. The molecule has 1 heterocycles. The van der Waals surface area contributed by atoms with Crippen molar-refractivity contribution in [2.45, 2.75) is 6.61 Å². The number of rotatable bonds is 5. The zero-order valence-corrected chi connectivity index (χ0v) is 10.1. The topological polar surface area (TPSA) is 116 Å². The molecule has 0 saturated carbocycles. The molecule has 1 aromatic heterocycles. The average molecular weight is 300 g/mol. The standard InChI is InChI=1S/C11H6F2N2O6/c12-6-3-10(7(13)2-9(6)15(18)19)20-4-5-1-8(11(16)17)14-21-5/h1-3H,4H2,(H,16,17). The van der Waals surface area contributed by atoms with Gasteiger partial charge < -0.3 is 14.4 Å². The van der Waals surface area contributed by atoms with Crippen LogP contribution in [-0.4, -0.2) is 21.2 Å². The lowest BCUT2D eigenvalue weighted by atomic mass is 10.3. The van der Waals surface area contributed by atoms with Crippen LogP contribution in [0.25, 0.3) is 0 Å². The first kappa shape index (κ1) is 14.4. The van der Waals surface area contributed by atoms with Crippen molar-refractivity contribution in [1.29, 1.82) is 0 Å². The summed E-state index contributed by atoms with van der Waals surface area (Å²) in [5.41, 5.74) is -1.39. The van der Waals surface area contributed by atoms with Crippen molar-refractivity contribution in [1.82, 2.24) is 5.16 Å². The van der Waals surface area contributed by atoms with Crippen LogP contribution in [0.1, 0.15) is 16.2 Å². The molecule has 0 saturated heterocycles. The maximum atomic E-state index is 13.5. The van der Waals surface area contributed by atoms with Gasteiger partial charge in [0.05, 0.1) is 11.0 Å². The minimum Gasteiger partial charge on any atom is -0.482 e. The molecule has 0 atom stereocenters. The molecule has 0 aliphatic carbocycles. The second-order valence-corrected chi connectivity index (χ2v) is 3.76. The largest absolute Gasteiger partial charge is 0.482 e. The van der Waals surface area contributed by atoms with Gasteiger partial charge in [0.15, 0.2) is 23.0 Å². The summed E-state index contributed by atoms with van der Waals surface area (Å²) in [7, 11) is 0. The third kappa shape index (κ3) is 3.11. The second-order valence-electron chi connectivity index (χ2n) is 3.76. The van der Waals surface area contributed by atoms with Gasteiger partial charge in [-0.05, 0) is 0 Å². The Bertz CT molecular complexity index is 715. The third-order valence-electron chi connectivity index (χ3n) is 2.35. The number of hydrogen-bond donors (Lipinski definition) is 1. The van der Waals surface area contributed by atoms with Gasteiger partial charge >= 0.3 is 11.7 Å². The van der Waals surface area contributed by atoms with Crippen LogP contribution in [0.5, 0.6) is 5.75 Å². The van der Waals surface area contributed by atoms with Gasteiger partial charge in [-0.2, -0.15) is 4.39 Å². The molecule has 0 fully saturated rings. The maximum Gasteiger partial charge on any atom is 0.358 e. The average Bonchev–Trinajstić information content (AvgIpc) is 2.88. The van der Waals surface area contributed by atoms with E-state index in [-0.39, 0.29) is 11.5 Å². The first-order chi connectivity index (χ1) is 9.88. The Morgan fingerprint density at radius 3 is 2.67 bits per heavy atom. The fourth-order valence-corrected chi connectivity index (χ4v) is 1.40. The highest BCUT2D eigenvalue weighted by Crippen LogP contribution is 2.27. The molecule has 0 spiro atoms. The van der Waals surface area contributed by atoms with Gasteiger partial charge in [0.2, 0.25) is 5.82 Å². The zero-order chi connectivity index (χ0) is 15.6. The number of hydrogen-bond acceptors (Lipinski definition) is 6. The number of aromatic carboxylic acids is 1. The second kappa shape index (κ2) is 5.53. The Balaban J connectivity index is 2.14. The number of aromatic nitrogens is 1. The van der Waals surface area contributed by atoms with Crippen LogP contribution >= 0.6 is 0 Å². The van der Waals surface area contributed by atoms with E-state index in [2.05, 4.69) is 9.68 Å². The Labute approximate surface area is 114 Å². The monoisotopic (exact) mass is 300 g/mol. The van der Waals surface area contributed by atoms with Crippen LogP contribution in [0, 0.1) is 21.7 Å². The molecule has 0 bridgehead atoms. The van der Waals surface area contributed by atoms with Crippen LogP contribution in [0.3, 0.4) is 0 Å².